The Kier molecular flexibility index (Phi) is 5.90. The van der Waals surface area contributed by atoms with E-state index in [1.807, 2.05) is 30.9 Å². The Morgan fingerprint density at radius 3 is 2.72 bits per heavy atom. The van der Waals surface area contributed by atoms with Crippen LogP contribution >= 0.6 is 0 Å². The maximum Gasteiger partial charge on any atom is 0.303 e. The molecule has 2 fully saturated rings. The van der Waals surface area contributed by atoms with Gasteiger partial charge in [0.25, 0.3) is 0 Å². The molecule has 7 heteroatoms. The first-order valence-electron chi connectivity index (χ1n) is 11.5. The molecule has 0 aliphatic carbocycles. The van der Waals surface area contributed by atoms with E-state index in [2.05, 4.69) is 19.9 Å². The molecule has 0 bridgehead atoms. The second kappa shape index (κ2) is 8.25. The van der Waals surface area contributed by atoms with E-state index in [-0.39, 0.29) is 42.8 Å². The van der Waals surface area contributed by atoms with Crippen LogP contribution in [0.3, 0.4) is 0 Å². The molecule has 0 unspecified atom stereocenters. The van der Waals surface area contributed by atoms with Gasteiger partial charge in [-0.3, -0.25) is 9.59 Å². The van der Waals surface area contributed by atoms with Crippen molar-refractivity contribution in [1.29, 1.82) is 0 Å². The summed E-state index contributed by atoms with van der Waals surface area (Å²) in [6.07, 6.45) is 1.98. The van der Waals surface area contributed by atoms with Crippen LogP contribution in [0.5, 0.6) is 11.5 Å². The molecular weight excluding hydrogens is 410 g/mol. The lowest BCUT2D eigenvalue weighted by molar-refractivity contribution is -0.189. The highest BCUT2D eigenvalue weighted by molar-refractivity contribution is 5.78. The molecule has 7 nitrogen and oxygen atoms in total. The van der Waals surface area contributed by atoms with Gasteiger partial charge in [-0.25, -0.2) is 0 Å². The van der Waals surface area contributed by atoms with Gasteiger partial charge in [-0.05, 0) is 38.2 Å². The van der Waals surface area contributed by atoms with Crippen molar-refractivity contribution < 1.29 is 28.9 Å². The maximum absolute atomic E-state index is 13.0. The number of carboxylic acids is 1. The molecule has 0 radical (unpaired) electrons. The number of ether oxygens (including phenoxy) is 3. The first kappa shape index (κ1) is 22.9. The lowest BCUT2D eigenvalue weighted by Crippen LogP contribution is -2.56. The molecule has 0 aromatic heterocycles. The Morgan fingerprint density at radius 1 is 1.28 bits per heavy atom. The van der Waals surface area contributed by atoms with Crippen LogP contribution in [0, 0.1) is 17.3 Å². The van der Waals surface area contributed by atoms with Crippen LogP contribution < -0.4 is 9.47 Å². The molecular formula is C25H35NO6. The Balaban J connectivity index is 1.50. The van der Waals surface area contributed by atoms with Crippen LogP contribution in [-0.4, -0.2) is 53.8 Å². The lowest BCUT2D eigenvalue weighted by atomic mass is 9.70. The Morgan fingerprint density at radius 2 is 2.03 bits per heavy atom. The van der Waals surface area contributed by atoms with Gasteiger partial charge in [0.05, 0.1) is 25.7 Å². The van der Waals surface area contributed by atoms with Gasteiger partial charge in [-0.2, -0.15) is 0 Å². The molecule has 1 aromatic carbocycles. The molecule has 0 spiro atoms. The number of methoxy groups -OCH3 is 1. The van der Waals surface area contributed by atoms with Crippen molar-refractivity contribution in [3.05, 3.63) is 23.8 Å². The minimum absolute atomic E-state index is 0.0140. The van der Waals surface area contributed by atoms with E-state index >= 15 is 0 Å². The lowest BCUT2D eigenvalue weighted by Gasteiger charge is -2.53. The zero-order chi connectivity index (χ0) is 23.3. The summed E-state index contributed by atoms with van der Waals surface area (Å²) >= 11 is 0. The van der Waals surface area contributed by atoms with Crippen molar-refractivity contribution in [3.63, 3.8) is 0 Å². The monoisotopic (exact) mass is 445 g/mol. The van der Waals surface area contributed by atoms with Crippen molar-refractivity contribution in [2.24, 2.45) is 17.3 Å². The summed E-state index contributed by atoms with van der Waals surface area (Å²) < 4.78 is 18.6. The summed E-state index contributed by atoms with van der Waals surface area (Å²) in [4.78, 5) is 26.0. The molecule has 2 saturated heterocycles. The number of para-hydroxylation sites is 1. The Hall–Kier alpha value is -2.28. The van der Waals surface area contributed by atoms with Gasteiger partial charge in [0.15, 0.2) is 11.5 Å². The highest BCUT2D eigenvalue weighted by Gasteiger charge is 2.52. The maximum atomic E-state index is 13.0. The molecule has 176 valence electrons. The number of hydrogen-bond acceptors (Lipinski definition) is 5. The van der Waals surface area contributed by atoms with E-state index in [0.29, 0.717) is 13.1 Å². The second-order valence-electron chi connectivity index (χ2n) is 10.8. The highest BCUT2D eigenvalue weighted by atomic mass is 16.5. The van der Waals surface area contributed by atoms with Gasteiger partial charge in [0, 0.05) is 36.9 Å². The number of carboxylic acid groups (broad SMARTS) is 1. The average molecular weight is 446 g/mol. The number of piperidine rings is 1. The minimum Gasteiger partial charge on any atom is -0.493 e. The van der Waals surface area contributed by atoms with Crippen LogP contribution in [0.25, 0.3) is 0 Å². The number of likely N-dealkylation sites (tertiary alicyclic amines) is 1. The van der Waals surface area contributed by atoms with Gasteiger partial charge < -0.3 is 24.2 Å². The van der Waals surface area contributed by atoms with Crippen molar-refractivity contribution in [3.8, 4) is 11.5 Å². The molecule has 0 saturated carbocycles. The number of amides is 1. The summed E-state index contributed by atoms with van der Waals surface area (Å²) in [5, 5.41) is 9.13. The number of nitrogens with zero attached hydrogens (tertiary/aromatic N) is 1. The number of fused-ring (bicyclic) bond motifs is 4. The standard InChI is InChI=1S/C25H35NO6/c1-24(2,13-21(28)29)12-20(27)26-10-9-18-15(14-26)11-17-22(31-18)16-7-6-8-19(30-5)23(16)32-25(17,3)4/h6-8,15,17-18,22H,9-14H2,1-5H3,(H,28,29)/t15-,17+,18+,22-/m0/s1. The summed E-state index contributed by atoms with van der Waals surface area (Å²) in [5.41, 5.74) is 0.0594. The van der Waals surface area contributed by atoms with E-state index in [1.54, 1.807) is 7.11 Å². The van der Waals surface area contributed by atoms with E-state index in [1.165, 1.54) is 0 Å². The van der Waals surface area contributed by atoms with Crippen molar-refractivity contribution >= 4 is 11.9 Å². The fraction of sp³-hybridized carbons (Fsp3) is 0.680. The zero-order valence-corrected chi connectivity index (χ0v) is 19.7. The quantitative estimate of drug-likeness (QED) is 0.736. The molecule has 4 rings (SSSR count). The topological polar surface area (TPSA) is 85.3 Å². The zero-order valence-electron chi connectivity index (χ0n) is 19.7. The fourth-order valence-corrected chi connectivity index (χ4v) is 5.67. The fourth-order valence-electron chi connectivity index (χ4n) is 5.67. The van der Waals surface area contributed by atoms with Crippen LogP contribution in [0.15, 0.2) is 18.2 Å². The third kappa shape index (κ3) is 4.32. The van der Waals surface area contributed by atoms with Crippen molar-refractivity contribution in [2.45, 2.75) is 71.2 Å². The van der Waals surface area contributed by atoms with Crippen LogP contribution in [0.2, 0.25) is 0 Å². The van der Waals surface area contributed by atoms with Crippen LogP contribution in [0.1, 0.15) is 65.0 Å². The summed E-state index contributed by atoms with van der Waals surface area (Å²) in [5.74, 6) is 1.07. The van der Waals surface area contributed by atoms with E-state index in [4.69, 9.17) is 19.3 Å². The average Bonchev–Trinajstić information content (AvgIpc) is 2.70. The third-order valence-corrected chi connectivity index (χ3v) is 7.31. The van der Waals surface area contributed by atoms with Gasteiger partial charge in [0.2, 0.25) is 5.91 Å². The third-order valence-electron chi connectivity index (χ3n) is 7.31. The SMILES string of the molecule is COc1cccc2c1OC(C)(C)[C@@H]1C[C@H]3CN(C(=O)CC(C)(C)CC(=O)O)CC[C@H]3O[C@@H]21. The van der Waals surface area contributed by atoms with Gasteiger partial charge in [0.1, 0.15) is 5.60 Å². The normalized spacial score (nSPS) is 28.6. The molecule has 1 aromatic rings. The smallest absolute Gasteiger partial charge is 0.303 e. The van der Waals surface area contributed by atoms with Gasteiger partial charge in [-0.1, -0.05) is 26.0 Å². The first-order chi connectivity index (χ1) is 15.0. The number of carbonyl (C=O) groups excluding carboxylic acids is 1. The molecule has 1 amide bonds. The minimum atomic E-state index is -0.871. The van der Waals surface area contributed by atoms with E-state index in [9.17, 15) is 9.59 Å². The van der Waals surface area contributed by atoms with Gasteiger partial charge >= 0.3 is 5.97 Å². The Labute approximate surface area is 190 Å². The van der Waals surface area contributed by atoms with E-state index < -0.39 is 17.0 Å². The first-order valence-corrected chi connectivity index (χ1v) is 11.5. The molecule has 1 N–H and O–H groups in total. The summed E-state index contributed by atoms with van der Waals surface area (Å²) in [6, 6.07) is 5.96. The predicted octanol–water partition coefficient (Wildman–Crippen LogP) is 4.05. The number of rotatable bonds is 5. The number of carbonyl (C=O) groups is 2. The van der Waals surface area contributed by atoms with Crippen molar-refractivity contribution in [2.75, 3.05) is 20.2 Å². The number of benzene rings is 1. The second-order valence-corrected chi connectivity index (χ2v) is 10.8. The van der Waals surface area contributed by atoms with E-state index in [0.717, 1.165) is 29.9 Å². The summed E-state index contributed by atoms with van der Waals surface area (Å²) in [6.45, 7) is 9.18. The van der Waals surface area contributed by atoms with Crippen LogP contribution in [-0.2, 0) is 14.3 Å². The molecule has 32 heavy (non-hydrogen) atoms. The largest absolute Gasteiger partial charge is 0.493 e. The number of aliphatic carboxylic acids is 1. The molecule has 3 aliphatic rings. The molecule has 3 heterocycles. The van der Waals surface area contributed by atoms with Crippen LogP contribution in [0.4, 0.5) is 0 Å². The highest BCUT2D eigenvalue weighted by Crippen LogP contribution is 2.55. The summed E-state index contributed by atoms with van der Waals surface area (Å²) in [7, 11) is 1.65. The Bertz CT molecular complexity index is 894. The van der Waals surface area contributed by atoms with Gasteiger partial charge in [-0.15, -0.1) is 0 Å². The predicted molar refractivity (Wildman–Crippen MR) is 119 cm³/mol. The molecule has 4 atom stereocenters. The van der Waals surface area contributed by atoms with Crippen molar-refractivity contribution in [1.82, 2.24) is 4.90 Å². The molecule has 3 aliphatic heterocycles. The number of hydrogen-bond donors (Lipinski definition) is 1.